The van der Waals surface area contributed by atoms with Gasteiger partial charge in [0.15, 0.2) is 0 Å². The Morgan fingerprint density at radius 3 is 2.56 bits per heavy atom. The van der Waals surface area contributed by atoms with Crippen molar-refractivity contribution in [3.05, 3.63) is 69.7 Å². The average Bonchev–Trinajstić information content (AvgIpc) is 2.58. The highest BCUT2D eigenvalue weighted by atomic mass is 35.5. The number of hydrogen-bond acceptors (Lipinski definition) is 3. The number of hydrogen-bond donors (Lipinski definition) is 2. The maximum absolute atomic E-state index is 12.5. The lowest BCUT2D eigenvalue weighted by atomic mass is 10.1. The summed E-state index contributed by atoms with van der Waals surface area (Å²) in [5, 5.41) is 4.38. The first-order valence-corrected chi connectivity index (χ1v) is 10.9. The van der Waals surface area contributed by atoms with Gasteiger partial charge < -0.3 is 14.9 Å². The van der Waals surface area contributed by atoms with Crippen LogP contribution < -0.4 is 5.32 Å². The number of morpholine rings is 1. The number of halogens is 2. The summed E-state index contributed by atoms with van der Waals surface area (Å²) in [4.78, 5) is 10.3. The molecule has 1 heterocycles. The van der Waals surface area contributed by atoms with E-state index in [2.05, 4.69) is 5.32 Å². The molecule has 0 saturated carbocycles. The molecule has 7 heteroatoms. The molecule has 1 fully saturated rings. The number of ether oxygens (including phenoxy) is 1. The van der Waals surface area contributed by atoms with E-state index in [0.717, 1.165) is 11.1 Å². The predicted octanol–water partition coefficient (Wildman–Crippen LogP) is 4.49. The molecular formula is C18H20Cl2NO3P. The average molecular weight is 400 g/mol. The van der Waals surface area contributed by atoms with E-state index in [1.54, 1.807) is 6.07 Å². The zero-order chi connectivity index (χ0) is 17.9. The Labute approximate surface area is 157 Å². The molecule has 1 aliphatic rings. The van der Waals surface area contributed by atoms with Gasteiger partial charge in [-0.25, -0.2) is 0 Å². The SMILES string of the molecule is O=P(O)(Cc1ccccc1)C[C@H]1CN[C@H](c2ccc(Cl)c(Cl)c2)CO1. The predicted molar refractivity (Wildman–Crippen MR) is 102 cm³/mol. The third-order valence-electron chi connectivity index (χ3n) is 4.20. The quantitative estimate of drug-likeness (QED) is 0.726. The Morgan fingerprint density at radius 1 is 1.16 bits per heavy atom. The maximum atomic E-state index is 12.5. The fraction of sp³-hybridized carbons (Fsp3) is 0.333. The normalized spacial score (nSPS) is 23.2. The molecule has 134 valence electrons. The second-order valence-electron chi connectivity index (χ2n) is 6.26. The van der Waals surface area contributed by atoms with Gasteiger partial charge >= 0.3 is 0 Å². The third-order valence-corrected chi connectivity index (χ3v) is 6.77. The molecule has 2 aromatic carbocycles. The molecule has 3 atom stereocenters. The van der Waals surface area contributed by atoms with E-state index in [1.807, 2.05) is 42.5 Å². The van der Waals surface area contributed by atoms with E-state index in [1.165, 1.54) is 0 Å². The van der Waals surface area contributed by atoms with Crippen LogP contribution in [0.15, 0.2) is 48.5 Å². The minimum Gasteiger partial charge on any atom is -0.374 e. The minimum atomic E-state index is -3.29. The molecule has 0 amide bonds. The molecule has 3 rings (SSSR count). The summed E-state index contributed by atoms with van der Waals surface area (Å²) in [5.74, 6) is 0. The fourth-order valence-corrected chi connectivity index (χ4v) is 5.02. The van der Waals surface area contributed by atoms with E-state index in [0.29, 0.717) is 23.2 Å². The standard InChI is InChI=1S/C18H20Cl2NO3P/c19-16-7-6-14(8-17(16)20)18-10-24-15(9-21-18)12-25(22,23)11-13-4-2-1-3-5-13/h1-8,15,18,21H,9-12H2,(H,22,23)/t15-,18+/m1/s1. The highest BCUT2D eigenvalue weighted by Gasteiger charge is 2.29. The van der Waals surface area contributed by atoms with Crippen molar-refractivity contribution < 1.29 is 14.2 Å². The van der Waals surface area contributed by atoms with Crippen LogP contribution in [0.4, 0.5) is 0 Å². The lowest BCUT2D eigenvalue weighted by molar-refractivity contribution is 0.0156. The van der Waals surface area contributed by atoms with Gasteiger partial charge in [0, 0.05) is 12.7 Å². The van der Waals surface area contributed by atoms with E-state index in [4.69, 9.17) is 27.9 Å². The Balaban J connectivity index is 1.55. The molecule has 2 N–H and O–H groups in total. The van der Waals surface area contributed by atoms with Crippen LogP contribution in [0.1, 0.15) is 17.2 Å². The maximum Gasteiger partial charge on any atom is 0.207 e. The third kappa shape index (κ3) is 5.30. The fourth-order valence-electron chi connectivity index (χ4n) is 2.94. The lowest BCUT2D eigenvalue weighted by Gasteiger charge is -2.31. The summed E-state index contributed by atoms with van der Waals surface area (Å²) < 4.78 is 18.3. The van der Waals surface area contributed by atoms with Gasteiger partial charge in [0.1, 0.15) is 0 Å². The van der Waals surface area contributed by atoms with Crippen LogP contribution in [-0.2, 0) is 15.5 Å². The van der Waals surface area contributed by atoms with Crippen LogP contribution in [0.3, 0.4) is 0 Å². The largest absolute Gasteiger partial charge is 0.374 e. The highest BCUT2D eigenvalue weighted by molar-refractivity contribution is 7.57. The smallest absolute Gasteiger partial charge is 0.207 e. The van der Waals surface area contributed by atoms with Crippen LogP contribution >= 0.6 is 30.6 Å². The Hall–Kier alpha value is -0.870. The van der Waals surface area contributed by atoms with Crippen molar-refractivity contribution in [1.82, 2.24) is 5.32 Å². The summed E-state index contributed by atoms with van der Waals surface area (Å²) in [6.45, 7) is 0.943. The first kappa shape index (κ1) is 18.9. The second-order valence-corrected chi connectivity index (χ2v) is 9.45. The van der Waals surface area contributed by atoms with Crippen molar-refractivity contribution >= 4 is 30.6 Å². The van der Waals surface area contributed by atoms with Crippen molar-refractivity contribution in [2.75, 3.05) is 19.3 Å². The van der Waals surface area contributed by atoms with Crippen molar-refractivity contribution in [3.63, 3.8) is 0 Å². The van der Waals surface area contributed by atoms with Crippen molar-refractivity contribution in [2.45, 2.75) is 18.3 Å². The van der Waals surface area contributed by atoms with Gasteiger partial charge in [-0.05, 0) is 23.3 Å². The van der Waals surface area contributed by atoms with Gasteiger partial charge in [-0.2, -0.15) is 0 Å². The van der Waals surface area contributed by atoms with Gasteiger partial charge in [0.05, 0.1) is 35.0 Å². The summed E-state index contributed by atoms with van der Waals surface area (Å²) >= 11 is 12.0. The van der Waals surface area contributed by atoms with Crippen LogP contribution in [0.2, 0.25) is 10.0 Å². The molecule has 0 spiro atoms. The monoisotopic (exact) mass is 399 g/mol. The summed E-state index contributed by atoms with van der Waals surface area (Å²) in [5.41, 5.74) is 1.86. The summed E-state index contributed by atoms with van der Waals surface area (Å²) in [6.07, 6.45) is 0.0333. The zero-order valence-corrected chi connectivity index (χ0v) is 16.0. The van der Waals surface area contributed by atoms with E-state index in [-0.39, 0.29) is 24.5 Å². The lowest BCUT2D eigenvalue weighted by Crippen LogP contribution is -2.42. The van der Waals surface area contributed by atoms with Gasteiger partial charge in [-0.3, -0.25) is 4.57 Å². The second kappa shape index (κ2) is 8.22. The minimum absolute atomic E-state index is 0.00165. The van der Waals surface area contributed by atoms with Crippen LogP contribution in [0.5, 0.6) is 0 Å². The molecule has 2 aromatic rings. The van der Waals surface area contributed by atoms with Gasteiger partial charge in [0.25, 0.3) is 0 Å². The molecule has 1 saturated heterocycles. The zero-order valence-electron chi connectivity index (χ0n) is 13.6. The number of nitrogens with one attached hydrogen (secondary N) is 1. The van der Waals surface area contributed by atoms with E-state index in [9.17, 15) is 9.46 Å². The molecule has 1 aliphatic heterocycles. The van der Waals surface area contributed by atoms with Gasteiger partial charge in [-0.15, -0.1) is 0 Å². The van der Waals surface area contributed by atoms with Crippen LogP contribution in [0, 0.1) is 0 Å². The van der Waals surface area contributed by atoms with Crippen molar-refractivity contribution in [1.29, 1.82) is 0 Å². The molecule has 0 bridgehead atoms. The Morgan fingerprint density at radius 2 is 1.92 bits per heavy atom. The summed E-state index contributed by atoms with van der Waals surface area (Å²) in [7, 11) is -3.29. The Bertz CT molecular complexity index is 764. The number of benzene rings is 2. The topological polar surface area (TPSA) is 58.6 Å². The first-order chi connectivity index (χ1) is 11.9. The molecule has 0 aromatic heterocycles. The van der Waals surface area contributed by atoms with Crippen molar-refractivity contribution in [2.24, 2.45) is 0 Å². The molecular weight excluding hydrogens is 380 g/mol. The molecule has 4 nitrogen and oxygen atoms in total. The molecule has 25 heavy (non-hydrogen) atoms. The first-order valence-electron chi connectivity index (χ1n) is 8.08. The Kier molecular flexibility index (Phi) is 6.21. The van der Waals surface area contributed by atoms with Crippen LogP contribution in [0.25, 0.3) is 0 Å². The molecule has 0 radical (unpaired) electrons. The number of rotatable bonds is 5. The molecule has 0 aliphatic carbocycles. The molecule has 1 unspecified atom stereocenters. The summed E-state index contributed by atoms with van der Waals surface area (Å²) in [6, 6.07) is 14.8. The van der Waals surface area contributed by atoms with Crippen molar-refractivity contribution in [3.8, 4) is 0 Å². The van der Waals surface area contributed by atoms with E-state index >= 15 is 0 Å². The highest BCUT2D eigenvalue weighted by Crippen LogP contribution is 2.45. The van der Waals surface area contributed by atoms with Gasteiger partial charge in [0.2, 0.25) is 7.37 Å². The van der Waals surface area contributed by atoms with Crippen LogP contribution in [-0.4, -0.2) is 30.3 Å². The van der Waals surface area contributed by atoms with Gasteiger partial charge in [-0.1, -0.05) is 59.6 Å². The van der Waals surface area contributed by atoms with E-state index < -0.39 is 7.37 Å².